The van der Waals surface area contributed by atoms with Crippen molar-refractivity contribution in [2.45, 2.75) is 58.5 Å². The Morgan fingerprint density at radius 3 is 2.42 bits per heavy atom. The monoisotopic (exact) mass is 632 g/mol. The molecule has 3 fully saturated rings. The van der Waals surface area contributed by atoms with Gasteiger partial charge in [0.25, 0.3) is 11.8 Å². The number of fused-ring (bicyclic) bond motifs is 2. The lowest BCUT2D eigenvalue weighted by Crippen LogP contribution is -2.52. The normalized spacial score (nSPS) is 26.4. The van der Waals surface area contributed by atoms with Gasteiger partial charge < -0.3 is 9.80 Å². The standard InChI is InChI=1S/C35H38ClFN4O4/c1-35(2)10-9-21(28(13-35)20-3-5-25(36)6-4-20)14-39-15-23-17-40(18-24(23)16-39)33(44)27-11-22-19-41(34(45)26(22)12-29(27)37)30-7-8-31(42)38-32(30)43/h3-6,11-12,23-24,30H,7-10,13-19H2,1-2H3,(H,38,42,43). The van der Waals surface area contributed by atoms with Crippen molar-refractivity contribution < 1.29 is 23.6 Å². The van der Waals surface area contributed by atoms with Crippen LogP contribution in [-0.4, -0.2) is 77.1 Å². The van der Waals surface area contributed by atoms with Crippen LogP contribution in [0.25, 0.3) is 5.57 Å². The zero-order chi connectivity index (χ0) is 31.6. The van der Waals surface area contributed by atoms with E-state index in [4.69, 9.17) is 11.6 Å². The zero-order valence-corrected chi connectivity index (χ0v) is 26.5. The third kappa shape index (κ3) is 5.69. The maximum atomic E-state index is 15.3. The van der Waals surface area contributed by atoms with Gasteiger partial charge in [0.05, 0.1) is 5.56 Å². The predicted octanol–water partition coefficient (Wildman–Crippen LogP) is 4.91. The number of carbonyl (C=O) groups is 4. The lowest BCUT2D eigenvalue weighted by molar-refractivity contribution is -0.136. The molecule has 4 amide bonds. The molecule has 3 saturated heterocycles. The minimum atomic E-state index is -0.788. The van der Waals surface area contributed by atoms with Crippen LogP contribution in [0.5, 0.6) is 0 Å². The first-order valence-corrected chi connectivity index (χ1v) is 16.3. The van der Waals surface area contributed by atoms with Gasteiger partial charge in [-0.3, -0.25) is 29.4 Å². The van der Waals surface area contributed by atoms with Crippen molar-refractivity contribution in [1.82, 2.24) is 20.0 Å². The fraction of sp³-hybridized carbons (Fsp3) is 0.486. The smallest absolute Gasteiger partial charge is 0.256 e. The average molecular weight is 633 g/mol. The Labute approximate surface area is 267 Å². The van der Waals surface area contributed by atoms with E-state index in [1.807, 2.05) is 12.1 Å². The average Bonchev–Trinajstić information content (AvgIpc) is 3.65. The summed E-state index contributed by atoms with van der Waals surface area (Å²) in [7, 11) is 0. The number of carbonyl (C=O) groups excluding carboxylic acids is 4. The minimum Gasteiger partial charge on any atom is -0.338 e. The van der Waals surface area contributed by atoms with Crippen LogP contribution in [0.1, 0.15) is 77.8 Å². The number of imide groups is 1. The summed E-state index contributed by atoms with van der Waals surface area (Å²) in [6.07, 6.45) is 3.64. The summed E-state index contributed by atoms with van der Waals surface area (Å²) in [5.74, 6) is -1.76. The van der Waals surface area contributed by atoms with Gasteiger partial charge in [0.1, 0.15) is 11.9 Å². The number of benzene rings is 2. The van der Waals surface area contributed by atoms with Crippen molar-refractivity contribution in [2.75, 3.05) is 32.7 Å². The molecule has 0 bridgehead atoms. The van der Waals surface area contributed by atoms with Crippen molar-refractivity contribution in [3.05, 3.63) is 75.1 Å². The summed E-state index contributed by atoms with van der Waals surface area (Å²) in [6.45, 7) is 8.65. The Hall–Kier alpha value is -3.56. The maximum absolute atomic E-state index is 15.3. The van der Waals surface area contributed by atoms with E-state index in [0.29, 0.717) is 30.5 Å². The number of likely N-dealkylation sites (tertiary alicyclic amines) is 2. The quantitative estimate of drug-likeness (QED) is 0.474. The Morgan fingerprint density at radius 2 is 1.73 bits per heavy atom. The molecule has 0 saturated carbocycles. The number of piperidine rings is 1. The third-order valence-electron chi connectivity index (χ3n) is 10.5. The molecule has 1 N–H and O–H groups in total. The molecule has 4 heterocycles. The SMILES string of the molecule is CC1(C)CCC(CN2CC3CN(C(=O)c4cc5c(cc4F)C(=O)N(C4CCC(=O)NC4=O)C5)CC3C2)=C(c2ccc(Cl)cc2)C1. The molecule has 5 aliphatic rings. The van der Waals surface area contributed by atoms with E-state index in [1.165, 1.54) is 27.7 Å². The number of nitrogens with zero attached hydrogens (tertiary/aromatic N) is 3. The molecule has 2 aromatic rings. The Bertz CT molecular complexity index is 1620. The van der Waals surface area contributed by atoms with E-state index in [-0.39, 0.29) is 47.7 Å². The summed E-state index contributed by atoms with van der Waals surface area (Å²) < 4.78 is 15.3. The fourth-order valence-electron chi connectivity index (χ4n) is 8.04. The second kappa shape index (κ2) is 11.4. The summed E-state index contributed by atoms with van der Waals surface area (Å²) in [4.78, 5) is 56.2. The van der Waals surface area contributed by atoms with Crippen LogP contribution >= 0.6 is 11.6 Å². The van der Waals surface area contributed by atoms with E-state index >= 15 is 4.39 Å². The van der Waals surface area contributed by atoms with Crippen molar-refractivity contribution in [3.8, 4) is 0 Å². The summed E-state index contributed by atoms with van der Waals surface area (Å²) in [5, 5.41) is 3.01. The van der Waals surface area contributed by atoms with Crippen molar-refractivity contribution in [2.24, 2.45) is 17.3 Å². The van der Waals surface area contributed by atoms with Crippen LogP contribution < -0.4 is 5.32 Å². The third-order valence-corrected chi connectivity index (χ3v) is 10.7. The Balaban J connectivity index is 1.02. The molecule has 8 nitrogen and oxygen atoms in total. The van der Waals surface area contributed by atoms with Gasteiger partial charge in [-0.05, 0) is 83.9 Å². The molecular formula is C35H38ClFN4O4. The molecule has 3 unspecified atom stereocenters. The van der Waals surface area contributed by atoms with Gasteiger partial charge in [-0.25, -0.2) is 4.39 Å². The van der Waals surface area contributed by atoms with Gasteiger partial charge in [-0.1, -0.05) is 43.2 Å². The van der Waals surface area contributed by atoms with Crippen LogP contribution in [0.3, 0.4) is 0 Å². The zero-order valence-electron chi connectivity index (χ0n) is 25.7. The number of nitrogens with one attached hydrogen (secondary N) is 1. The van der Waals surface area contributed by atoms with E-state index in [2.05, 4.69) is 36.2 Å². The lowest BCUT2D eigenvalue weighted by Gasteiger charge is -2.35. The number of hydrogen-bond acceptors (Lipinski definition) is 5. The molecule has 4 aliphatic heterocycles. The van der Waals surface area contributed by atoms with Gasteiger partial charge in [0.2, 0.25) is 11.8 Å². The number of allylic oxidation sites excluding steroid dienone is 1. The van der Waals surface area contributed by atoms with Gasteiger partial charge in [-0.15, -0.1) is 0 Å². The molecule has 236 valence electrons. The summed E-state index contributed by atoms with van der Waals surface area (Å²) in [6, 6.07) is 10.0. The fourth-order valence-corrected chi connectivity index (χ4v) is 8.17. The highest BCUT2D eigenvalue weighted by molar-refractivity contribution is 6.30. The highest BCUT2D eigenvalue weighted by Gasteiger charge is 2.44. The van der Waals surface area contributed by atoms with E-state index in [1.54, 1.807) is 4.90 Å². The van der Waals surface area contributed by atoms with Gasteiger partial charge >= 0.3 is 0 Å². The van der Waals surface area contributed by atoms with Gasteiger partial charge in [-0.2, -0.15) is 0 Å². The van der Waals surface area contributed by atoms with Crippen LogP contribution in [0.15, 0.2) is 42.0 Å². The largest absolute Gasteiger partial charge is 0.338 e. The van der Waals surface area contributed by atoms with Crippen LogP contribution in [0.2, 0.25) is 5.02 Å². The molecular weight excluding hydrogens is 595 g/mol. The molecule has 3 atom stereocenters. The molecule has 45 heavy (non-hydrogen) atoms. The van der Waals surface area contributed by atoms with Crippen molar-refractivity contribution >= 4 is 40.8 Å². The summed E-state index contributed by atoms with van der Waals surface area (Å²) in [5.41, 5.74) is 5.08. The molecule has 1 aliphatic carbocycles. The van der Waals surface area contributed by atoms with Crippen LogP contribution in [-0.2, 0) is 16.1 Å². The number of rotatable bonds is 5. The van der Waals surface area contributed by atoms with Gasteiger partial charge in [0, 0.05) is 56.3 Å². The first-order chi connectivity index (χ1) is 21.5. The number of hydrogen-bond donors (Lipinski definition) is 1. The molecule has 0 radical (unpaired) electrons. The molecule has 7 rings (SSSR count). The summed E-state index contributed by atoms with van der Waals surface area (Å²) >= 11 is 6.18. The van der Waals surface area contributed by atoms with Gasteiger partial charge in [0.15, 0.2) is 0 Å². The highest BCUT2D eigenvalue weighted by atomic mass is 35.5. The Kier molecular flexibility index (Phi) is 7.60. The van der Waals surface area contributed by atoms with Crippen molar-refractivity contribution in [1.29, 1.82) is 0 Å². The highest BCUT2D eigenvalue weighted by Crippen LogP contribution is 2.44. The van der Waals surface area contributed by atoms with E-state index < -0.39 is 23.7 Å². The molecule has 0 aromatic heterocycles. The second-order valence-electron chi connectivity index (χ2n) is 14.2. The first kappa shape index (κ1) is 30.1. The topological polar surface area (TPSA) is 90.0 Å². The Morgan fingerprint density at radius 1 is 1.02 bits per heavy atom. The second-order valence-corrected chi connectivity index (χ2v) is 14.7. The number of halogens is 2. The van der Waals surface area contributed by atoms with E-state index in [0.717, 1.165) is 50.0 Å². The molecule has 2 aromatic carbocycles. The van der Waals surface area contributed by atoms with Crippen LogP contribution in [0, 0.1) is 23.1 Å². The molecule has 0 spiro atoms. The first-order valence-electron chi connectivity index (χ1n) is 15.9. The predicted molar refractivity (Wildman–Crippen MR) is 168 cm³/mol. The lowest BCUT2D eigenvalue weighted by atomic mass is 9.72. The van der Waals surface area contributed by atoms with Crippen molar-refractivity contribution in [3.63, 3.8) is 0 Å². The van der Waals surface area contributed by atoms with Crippen LogP contribution in [0.4, 0.5) is 4.39 Å². The molecule has 10 heteroatoms. The minimum absolute atomic E-state index is 0.0360. The number of amides is 4. The maximum Gasteiger partial charge on any atom is 0.256 e. The van der Waals surface area contributed by atoms with E-state index in [9.17, 15) is 19.2 Å².